The molecule has 2 amide bonds. The Morgan fingerprint density at radius 2 is 2.00 bits per heavy atom. The van der Waals surface area contributed by atoms with Crippen LogP contribution in [0.5, 0.6) is 0 Å². The molecule has 1 fully saturated rings. The first-order valence-corrected chi connectivity index (χ1v) is 6.36. The lowest BCUT2D eigenvalue weighted by Gasteiger charge is -2.41. The topological polar surface area (TPSA) is 23.6 Å². The van der Waals surface area contributed by atoms with Crippen LogP contribution in [0, 0.1) is 5.82 Å². The second-order valence-electron chi connectivity index (χ2n) is 5.03. The molecule has 0 bridgehead atoms. The summed E-state index contributed by atoms with van der Waals surface area (Å²) in [6, 6.07) is 6.51. The van der Waals surface area contributed by atoms with Crippen molar-refractivity contribution in [3.63, 3.8) is 0 Å². The monoisotopic (exact) mass is 250 g/mol. The van der Waals surface area contributed by atoms with Crippen LogP contribution in [-0.4, -0.2) is 29.6 Å². The highest BCUT2D eigenvalue weighted by atomic mass is 19.1. The molecule has 18 heavy (non-hydrogen) atoms. The summed E-state index contributed by atoms with van der Waals surface area (Å²) >= 11 is 0. The van der Waals surface area contributed by atoms with Crippen LogP contribution in [-0.2, 0) is 0 Å². The Morgan fingerprint density at radius 1 is 1.33 bits per heavy atom. The third-order valence-corrected chi connectivity index (χ3v) is 3.42. The lowest BCUT2D eigenvalue weighted by molar-refractivity contribution is 0.172. The molecule has 0 N–H and O–H groups in total. The van der Waals surface area contributed by atoms with Gasteiger partial charge in [-0.15, -0.1) is 0 Å². The molecule has 1 aromatic carbocycles. The molecule has 4 heteroatoms. The average molecular weight is 250 g/mol. The molecule has 1 aromatic rings. The van der Waals surface area contributed by atoms with Crippen molar-refractivity contribution in [3.05, 3.63) is 30.1 Å². The van der Waals surface area contributed by atoms with E-state index in [2.05, 4.69) is 0 Å². The Kier molecular flexibility index (Phi) is 3.55. The Balaban J connectivity index is 2.35. The van der Waals surface area contributed by atoms with E-state index in [1.165, 1.54) is 6.07 Å². The van der Waals surface area contributed by atoms with Gasteiger partial charge >= 0.3 is 6.03 Å². The quantitative estimate of drug-likeness (QED) is 0.790. The molecule has 3 nitrogen and oxygen atoms in total. The predicted octanol–water partition coefficient (Wildman–Crippen LogP) is 3.25. The number of urea groups is 1. The zero-order valence-corrected chi connectivity index (χ0v) is 11.1. The molecule has 1 heterocycles. The summed E-state index contributed by atoms with van der Waals surface area (Å²) in [7, 11) is 0. The van der Waals surface area contributed by atoms with E-state index in [9.17, 15) is 9.18 Å². The van der Waals surface area contributed by atoms with Gasteiger partial charge in [-0.05, 0) is 39.3 Å². The van der Waals surface area contributed by atoms with Crippen molar-refractivity contribution in [2.24, 2.45) is 0 Å². The summed E-state index contributed by atoms with van der Waals surface area (Å²) in [4.78, 5) is 15.8. The fourth-order valence-electron chi connectivity index (χ4n) is 2.34. The number of halogens is 1. The number of amides is 2. The Labute approximate surface area is 107 Å². The normalized spacial score (nSPS) is 20.7. The van der Waals surface area contributed by atoms with E-state index in [1.54, 1.807) is 28.0 Å². The molecule has 1 unspecified atom stereocenters. The first-order chi connectivity index (χ1) is 8.52. The van der Waals surface area contributed by atoms with Crippen LogP contribution >= 0.6 is 0 Å². The summed E-state index contributed by atoms with van der Waals surface area (Å²) in [5.74, 6) is -0.344. The van der Waals surface area contributed by atoms with Crippen LogP contribution in [0.3, 0.4) is 0 Å². The van der Waals surface area contributed by atoms with Crippen molar-refractivity contribution in [3.8, 4) is 0 Å². The Morgan fingerprint density at radius 3 is 2.61 bits per heavy atom. The van der Waals surface area contributed by atoms with Gasteiger partial charge in [-0.25, -0.2) is 9.18 Å². The van der Waals surface area contributed by atoms with E-state index in [4.69, 9.17) is 0 Å². The molecule has 2 rings (SSSR count). The van der Waals surface area contributed by atoms with Gasteiger partial charge in [0.2, 0.25) is 0 Å². The molecule has 0 radical (unpaired) electrons. The maximum atomic E-state index is 13.8. The Hall–Kier alpha value is -1.58. The molecule has 1 aliphatic rings. The van der Waals surface area contributed by atoms with Crippen LogP contribution in [0.4, 0.5) is 14.9 Å². The minimum absolute atomic E-state index is 0.0319. The van der Waals surface area contributed by atoms with Crippen molar-refractivity contribution in [2.75, 3.05) is 11.4 Å². The number of hydrogen-bond acceptors (Lipinski definition) is 1. The molecule has 1 atom stereocenters. The molecular weight excluding hydrogens is 231 g/mol. The minimum atomic E-state index is -0.344. The van der Waals surface area contributed by atoms with E-state index in [0.717, 1.165) is 13.0 Å². The molecule has 0 spiro atoms. The lowest BCUT2D eigenvalue weighted by Crippen LogP contribution is -2.56. The van der Waals surface area contributed by atoms with Crippen LogP contribution < -0.4 is 4.90 Å². The number of para-hydroxylation sites is 1. The summed E-state index contributed by atoms with van der Waals surface area (Å²) in [5, 5.41) is 0. The van der Waals surface area contributed by atoms with E-state index in [1.807, 2.05) is 20.8 Å². The first-order valence-electron chi connectivity index (χ1n) is 6.36. The van der Waals surface area contributed by atoms with Crippen molar-refractivity contribution >= 4 is 11.7 Å². The van der Waals surface area contributed by atoms with Gasteiger partial charge in [0.15, 0.2) is 0 Å². The number of hydrogen-bond donors (Lipinski definition) is 0. The minimum Gasteiger partial charge on any atom is -0.322 e. The lowest BCUT2D eigenvalue weighted by atomic mass is 10.1. The highest BCUT2D eigenvalue weighted by molar-refractivity contribution is 5.93. The number of nitrogens with zero attached hydrogens (tertiary/aromatic N) is 2. The number of anilines is 1. The molecular formula is C14H19FN2O. The van der Waals surface area contributed by atoms with E-state index >= 15 is 0 Å². The maximum Gasteiger partial charge on any atom is 0.325 e. The highest BCUT2D eigenvalue weighted by Crippen LogP contribution is 2.27. The van der Waals surface area contributed by atoms with Gasteiger partial charge in [0.1, 0.15) is 5.82 Å². The van der Waals surface area contributed by atoms with E-state index in [0.29, 0.717) is 5.69 Å². The molecule has 0 saturated carbocycles. The second kappa shape index (κ2) is 4.96. The molecule has 0 aliphatic carbocycles. The van der Waals surface area contributed by atoms with Crippen molar-refractivity contribution in [1.82, 2.24) is 4.90 Å². The molecule has 1 aliphatic heterocycles. The SMILES string of the molecule is CC(C)N1CCC(C)N(c2ccccc2F)C1=O. The number of carbonyl (C=O) groups excluding carboxylic acids is 1. The first kappa shape index (κ1) is 12.9. The summed E-state index contributed by atoms with van der Waals surface area (Å²) in [5.41, 5.74) is 0.375. The van der Waals surface area contributed by atoms with E-state index < -0.39 is 0 Å². The van der Waals surface area contributed by atoms with Crippen LogP contribution in [0.15, 0.2) is 24.3 Å². The van der Waals surface area contributed by atoms with Crippen molar-refractivity contribution in [2.45, 2.75) is 39.3 Å². The number of rotatable bonds is 2. The van der Waals surface area contributed by atoms with Gasteiger partial charge in [-0.3, -0.25) is 4.90 Å². The Bertz CT molecular complexity index is 447. The summed E-state index contributed by atoms with van der Waals surface area (Å²) < 4.78 is 13.8. The average Bonchev–Trinajstić information content (AvgIpc) is 2.31. The van der Waals surface area contributed by atoms with Crippen molar-refractivity contribution in [1.29, 1.82) is 0 Å². The summed E-state index contributed by atoms with van der Waals surface area (Å²) in [6.07, 6.45) is 0.859. The molecule has 98 valence electrons. The van der Waals surface area contributed by atoms with Gasteiger partial charge in [-0.1, -0.05) is 12.1 Å². The third kappa shape index (κ3) is 2.19. The van der Waals surface area contributed by atoms with Gasteiger partial charge in [0, 0.05) is 18.6 Å². The fraction of sp³-hybridized carbons (Fsp3) is 0.500. The summed E-state index contributed by atoms with van der Waals surface area (Å²) in [6.45, 7) is 6.66. The number of carbonyl (C=O) groups is 1. The van der Waals surface area contributed by atoms with Crippen LogP contribution in [0.25, 0.3) is 0 Å². The third-order valence-electron chi connectivity index (χ3n) is 3.42. The standard InChI is InChI=1S/C14H19FN2O/c1-10(2)16-9-8-11(3)17(14(16)18)13-7-5-4-6-12(13)15/h4-7,10-11H,8-9H2,1-3H3. The zero-order chi connectivity index (χ0) is 13.3. The van der Waals surface area contributed by atoms with Crippen LogP contribution in [0.1, 0.15) is 27.2 Å². The fourth-order valence-corrected chi connectivity index (χ4v) is 2.34. The van der Waals surface area contributed by atoms with Gasteiger partial charge in [0.25, 0.3) is 0 Å². The second-order valence-corrected chi connectivity index (χ2v) is 5.03. The van der Waals surface area contributed by atoms with Gasteiger partial charge < -0.3 is 4.90 Å². The van der Waals surface area contributed by atoms with Crippen LogP contribution in [0.2, 0.25) is 0 Å². The molecule has 0 aromatic heterocycles. The van der Waals surface area contributed by atoms with Gasteiger partial charge in [-0.2, -0.15) is 0 Å². The van der Waals surface area contributed by atoms with E-state index in [-0.39, 0.29) is 23.9 Å². The molecule has 1 saturated heterocycles. The number of benzene rings is 1. The zero-order valence-electron chi connectivity index (χ0n) is 11.1. The predicted molar refractivity (Wildman–Crippen MR) is 70.2 cm³/mol. The van der Waals surface area contributed by atoms with Crippen molar-refractivity contribution < 1.29 is 9.18 Å². The maximum absolute atomic E-state index is 13.8. The highest BCUT2D eigenvalue weighted by Gasteiger charge is 2.34. The largest absolute Gasteiger partial charge is 0.325 e. The van der Waals surface area contributed by atoms with Gasteiger partial charge in [0.05, 0.1) is 5.69 Å². The smallest absolute Gasteiger partial charge is 0.322 e.